The molecular weight excluding hydrogens is 212 g/mol. The first-order valence-corrected chi connectivity index (χ1v) is 6.23. The van der Waals surface area contributed by atoms with Crippen LogP contribution in [0, 0.1) is 0 Å². The Morgan fingerprint density at radius 3 is 3.06 bits per heavy atom. The van der Waals surface area contributed by atoms with Crippen LogP contribution in [0.5, 0.6) is 0 Å². The lowest BCUT2D eigenvalue weighted by Gasteiger charge is -2.11. The number of nitrogen functional groups attached to an aromatic ring is 1. The van der Waals surface area contributed by atoms with Crippen molar-refractivity contribution in [3.8, 4) is 0 Å². The first-order chi connectivity index (χ1) is 8.28. The molecule has 90 valence electrons. The van der Waals surface area contributed by atoms with E-state index < -0.39 is 0 Å². The van der Waals surface area contributed by atoms with Gasteiger partial charge >= 0.3 is 0 Å². The molecule has 1 aliphatic heterocycles. The Morgan fingerprint density at radius 1 is 1.47 bits per heavy atom. The molecule has 0 saturated carbocycles. The third-order valence-corrected chi connectivity index (χ3v) is 3.68. The molecule has 0 aliphatic carbocycles. The molecule has 1 fully saturated rings. The first-order valence-electron chi connectivity index (χ1n) is 6.23. The second-order valence-corrected chi connectivity index (χ2v) is 4.72. The van der Waals surface area contributed by atoms with E-state index in [-0.39, 0.29) is 0 Å². The van der Waals surface area contributed by atoms with Crippen molar-refractivity contribution in [1.29, 1.82) is 0 Å². The third kappa shape index (κ3) is 1.78. The van der Waals surface area contributed by atoms with Gasteiger partial charge in [0.15, 0.2) is 0 Å². The Balaban J connectivity index is 1.94. The van der Waals surface area contributed by atoms with Crippen LogP contribution in [0.2, 0.25) is 0 Å². The van der Waals surface area contributed by atoms with Crippen LogP contribution in [0.3, 0.4) is 0 Å². The minimum atomic E-state index is 0.564. The number of fused-ring (bicyclic) bond motifs is 1. The maximum absolute atomic E-state index is 5.93. The lowest BCUT2D eigenvalue weighted by atomic mass is 10.1. The molecule has 4 heteroatoms. The van der Waals surface area contributed by atoms with Gasteiger partial charge in [-0.05, 0) is 31.6 Å². The number of anilines is 1. The molecule has 4 nitrogen and oxygen atoms in total. The van der Waals surface area contributed by atoms with Gasteiger partial charge in [-0.2, -0.15) is 0 Å². The van der Waals surface area contributed by atoms with Crippen molar-refractivity contribution >= 4 is 11.5 Å². The van der Waals surface area contributed by atoms with E-state index in [1.807, 2.05) is 22.6 Å². The second-order valence-electron chi connectivity index (χ2n) is 4.72. The quantitative estimate of drug-likeness (QED) is 0.854. The van der Waals surface area contributed by atoms with Crippen LogP contribution in [0.15, 0.2) is 24.4 Å². The minimum absolute atomic E-state index is 0.564. The molecule has 0 radical (unpaired) electrons. The predicted octanol–water partition coefficient (Wildman–Crippen LogP) is 1.73. The van der Waals surface area contributed by atoms with E-state index in [0.29, 0.717) is 5.92 Å². The summed E-state index contributed by atoms with van der Waals surface area (Å²) in [4.78, 5) is 7.15. The molecule has 0 aromatic carbocycles. The van der Waals surface area contributed by atoms with E-state index in [0.717, 1.165) is 24.6 Å². The zero-order chi connectivity index (χ0) is 11.8. The van der Waals surface area contributed by atoms with Gasteiger partial charge in [0, 0.05) is 18.7 Å². The fourth-order valence-corrected chi connectivity index (χ4v) is 2.61. The van der Waals surface area contributed by atoms with Crippen LogP contribution in [-0.4, -0.2) is 33.9 Å². The van der Waals surface area contributed by atoms with E-state index in [4.69, 9.17) is 5.73 Å². The monoisotopic (exact) mass is 230 g/mol. The minimum Gasteiger partial charge on any atom is -0.385 e. The van der Waals surface area contributed by atoms with Crippen molar-refractivity contribution in [3.63, 3.8) is 0 Å². The molecule has 1 saturated heterocycles. The van der Waals surface area contributed by atoms with Gasteiger partial charge in [-0.25, -0.2) is 4.98 Å². The van der Waals surface area contributed by atoms with E-state index in [1.165, 1.54) is 18.7 Å². The Bertz CT molecular complexity index is 531. The van der Waals surface area contributed by atoms with Crippen molar-refractivity contribution in [3.05, 3.63) is 30.1 Å². The molecule has 2 aromatic rings. The number of nitrogens with two attached hydrogens (primary N) is 1. The van der Waals surface area contributed by atoms with E-state index in [2.05, 4.69) is 23.0 Å². The van der Waals surface area contributed by atoms with Crippen molar-refractivity contribution < 1.29 is 0 Å². The van der Waals surface area contributed by atoms with Crippen LogP contribution in [0.25, 0.3) is 5.65 Å². The molecule has 0 bridgehead atoms. The summed E-state index contributed by atoms with van der Waals surface area (Å²) in [6.07, 6.45) is 3.30. The number of imidazole rings is 1. The molecule has 0 amide bonds. The summed E-state index contributed by atoms with van der Waals surface area (Å²) >= 11 is 0. The maximum Gasteiger partial charge on any atom is 0.138 e. The number of nitrogens with zero attached hydrogens (tertiary/aromatic N) is 3. The van der Waals surface area contributed by atoms with Crippen LogP contribution in [-0.2, 0) is 0 Å². The van der Waals surface area contributed by atoms with Gasteiger partial charge in [-0.1, -0.05) is 13.0 Å². The summed E-state index contributed by atoms with van der Waals surface area (Å²) in [5.41, 5.74) is 8.07. The number of hydrogen-bond acceptors (Lipinski definition) is 3. The zero-order valence-corrected chi connectivity index (χ0v) is 10.1. The van der Waals surface area contributed by atoms with Gasteiger partial charge < -0.3 is 10.6 Å². The smallest absolute Gasteiger partial charge is 0.138 e. The van der Waals surface area contributed by atoms with Gasteiger partial charge in [0.05, 0.1) is 5.69 Å². The number of likely N-dealkylation sites (N-methyl/N-ethyl adjacent to an activating group) is 1. The van der Waals surface area contributed by atoms with Crippen LogP contribution < -0.4 is 5.73 Å². The van der Waals surface area contributed by atoms with Crippen molar-refractivity contribution in [2.45, 2.75) is 19.3 Å². The van der Waals surface area contributed by atoms with Gasteiger partial charge in [0.25, 0.3) is 0 Å². The highest BCUT2D eigenvalue weighted by Gasteiger charge is 2.24. The molecule has 0 spiro atoms. The maximum atomic E-state index is 5.93. The van der Waals surface area contributed by atoms with Crippen LogP contribution >= 0.6 is 0 Å². The average molecular weight is 230 g/mol. The fraction of sp³-hybridized carbons (Fsp3) is 0.462. The van der Waals surface area contributed by atoms with E-state index in [9.17, 15) is 0 Å². The zero-order valence-electron chi connectivity index (χ0n) is 10.1. The van der Waals surface area contributed by atoms with Gasteiger partial charge in [-0.15, -0.1) is 0 Å². The SMILES string of the molecule is CCN1CCC(c2cn3c(N)cccc3n2)C1. The Labute approximate surface area is 101 Å². The van der Waals surface area contributed by atoms with Gasteiger partial charge in [0.1, 0.15) is 11.5 Å². The largest absolute Gasteiger partial charge is 0.385 e. The van der Waals surface area contributed by atoms with Crippen molar-refractivity contribution in [1.82, 2.24) is 14.3 Å². The summed E-state index contributed by atoms with van der Waals surface area (Å²) < 4.78 is 1.98. The Kier molecular flexibility index (Phi) is 2.52. The first kappa shape index (κ1) is 10.6. The molecule has 1 aliphatic rings. The summed E-state index contributed by atoms with van der Waals surface area (Å²) in [5.74, 6) is 1.32. The molecule has 1 unspecified atom stereocenters. The fourth-order valence-electron chi connectivity index (χ4n) is 2.61. The van der Waals surface area contributed by atoms with Crippen molar-refractivity contribution in [2.24, 2.45) is 0 Å². The summed E-state index contributed by atoms with van der Waals surface area (Å²) in [5, 5.41) is 0. The standard InChI is InChI=1S/C13H18N4/c1-2-16-7-6-10(8-16)11-9-17-12(14)4-3-5-13(17)15-11/h3-5,9-10H,2,6-8,14H2,1H3. The number of likely N-dealkylation sites (tertiary alicyclic amines) is 1. The average Bonchev–Trinajstić information content (AvgIpc) is 2.95. The number of aromatic nitrogens is 2. The Hall–Kier alpha value is -1.55. The molecule has 2 N–H and O–H groups in total. The van der Waals surface area contributed by atoms with E-state index >= 15 is 0 Å². The molecule has 17 heavy (non-hydrogen) atoms. The predicted molar refractivity (Wildman–Crippen MR) is 69.1 cm³/mol. The third-order valence-electron chi connectivity index (χ3n) is 3.68. The highest BCUT2D eigenvalue weighted by Crippen LogP contribution is 2.27. The Morgan fingerprint density at radius 2 is 2.35 bits per heavy atom. The second kappa shape index (κ2) is 4.04. The molecule has 2 aromatic heterocycles. The van der Waals surface area contributed by atoms with Crippen molar-refractivity contribution in [2.75, 3.05) is 25.4 Å². The number of hydrogen-bond donors (Lipinski definition) is 1. The lowest BCUT2D eigenvalue weighted by molar-refractivity contribution is 0.353. The lowest BCUT2D eigenvalue weighted by Crippen LogP contribution is -2.19. The van der Waals surface area contributed by atoms with Crippen LogP contribution in [0.4, 0.5) is 5.82 Å². The number of rotatable bonds is 2. The molecule has 3 rings (SSSR count). The van der Waals surface area contributed by atoms with Gasteiger partial charge in [-0.3, -0.25) is 4.40 Å². The van der Waals surface area contributed by atoms with Crippen LogP contribution in [0.1, 0.15) is 25.0 Å². The summed E-state index contributed by atoms with van der Waals surface area (Å²) in [7, 11) is 0. The topological polar surface area (TPSA) is 46.6 Å². The normalized spacial score (nSPS) is 21.4. The molecule has 3 heterocycles. The number of pyridine rings is 1. The molecule has 1 atom stereocenters. The molecular formula is C13H18N4. The van der Waals surface area contributed by atoms with Gasteiger partial charge in [0.2, 0.25) is 0 Å². The summed E-state index contributed by atoms with van der Waals surface area (Å²) in [6, 6.07) is 5.87. The van der Waals surface area contributed by atoms with E-state index in [1.54, 1.807) is 0 Å². The summed E-state index contributed by atoms with van der Waals surface area (Å²) in [6.45, 7) is 5.65. The highest BCUT2D eigenvalue weighted by molar-refractivity contribution is 5.49. The highest BCUT2D eigenvalue weighted by atomic mass is 15.1.